The van der Waals surface area contributed by atoms with Crippen LogP contribution >= 0.6 is 34.7 Å². The predicted molar refractivity (Wildman–Crippen MR) is 106 cm³/mol. The third-order valence-electron chi connectivity index (χ3n) is 3.33. The van der Waals surface area contributed by atoms with Crippen LogP contribution in [0.4, 0.5) is 5.13 Å². The standard InChI is InChI=1S/C17H12ClN5O2S2/c1-9-7-26-16(20-9)21-13(24)8-27-17-22-14(12(6-19)15(25)23-17)10-2-4-11(18)5-3-10/h2-5,7H,8H2,1H3,(H,20,21,24)(H,22,23,25). The minimum absolute atomic E-state index is 0.0352. The van der Waals surface area contributed by atoms with Gasteiger partial charge in [-0.15, -0.1) is 11.3 Å². The lowest BCUT2D eigenvalue weighted by atomic mass is 10.1. The van der Waals surface area contributed by atoms with Crippen molar-refractivity contribution in [3.63, 3.8) is 0 Å². The molecule has 0 saturated heterocycles. The molecule has 0 radical (unpaired) electrons. The van der Waals surface area contributed by atoms with E-state index < -0.39 is 5.56 Å². The molecule has 3 aromatic rings. The minimum atomic E-state index is -0.559. The van der Waals surface area contributed by atoms with Crippen molar-refractivity contribution in [1.82, 2.24) is 15.0 Å². The Morgan fingerprint density at radius 1 is 1.37 bits per heavy atom. The number of hydrogen-bond acceptors (Lipinski definition) is 7. The second-order valence-electron chi connectivity index (χ2n) is 5.34. The Labute approximate surface area is 167 Å². The van der Waals surface area contributed by atoms with Gasteiger partial charge in [0, 0.05) is 16.0 Å². The number of carbonyl (C=O) groups excluding carboxylic acids is 1. The van der Waals surface area contributed by atoms with Gasteiger partial charge in [0.15, 0.2) is 10.3 Å². The van der Waals surface area contributed by atoms with Crippen molar-refractivity contribution in [2.45, 2.75) is 12.1 Å². The molecule has 10 heteroatoms. The minimum Gasteiger partial charge on any atom is -0.301 e. The zero-order chi connectivity index (χ0) is 19.4. The van der Waals surface area contributed by atoms with Gasteiger partial charge in [0.1, 0.15) is 11.6 Å². The van der Waals surface area contributed by atoms with Crippen LogP contribution in [-0.2, 0) is 4.79 Å². The van der Waals surface area contributed by atoms with E-state index in [1.807, 2.05) is 18.4 Å². The van der Waals surface area contributed by atoms with Crippen molar-refractivity contribution in [3.05, 3.63) is 56.3 Å². The molecule has 1 amide bonds. The summed E-state index contributed by atoms with van der Waals surface area (Å²) in [5.74, 6) is -0.234. The normalized spacial score (nSPS) is 10.4. The lowest BCUT2D eigenvalue weighted by molar-refractivity contribution is -0.113. The van der Waals surface area contributed by atoms with E-state index in [1.165, 1.54) is 11.3 Å². The molecule has 3 rings (SSSR count). The molecular formula is C17H12ClN5O2S2. The van der Waals surface area contributed by atoms with E-state index in [0.717, 1.165) is 17.5 Å². The maximum absolute atomic E-state index is 12.2. The van der Waals surface area contributed by atoms with E-state index >= 15 is 0 Å². The summed E-state index contributed by atoms with van der Waals surface area (Å²) in [6, 6.07) is 8.52. The Morgan fingerprint density at radius 2 is 2.11 bits per heavy atom. The molecule has 0 atom stereocenters. The number of anilines is 1. The monoisotopic (exact) mass is 417 g/mol. The Morgan fingerprint density at radius 3 is 2.74 bits per heavy atom. The maximum Gasteiger partial charge on any atom is 0.270 e. The van der Waals surface area contributed by atoms with Crippen LogP contribution in [0.15, 0.2) is 39.6 Å². The summed E-state index contributed by atoms with van der Waals surface area (Å²) in [4.78, 5) is 35.3. The fourth-order valence-electron chi connectivity index (χ4n) is 2.14. The van der Waals surface area contributed by atoms with Crippen LogP contribution in [0.3, 0.4) is 0 Å². The highest BCUT2D eigenvalue weighted by atomic mass is 35.5. The first-order chi connectivity index (χ1) is 13.0. The summed E-state index contributed by atoms with van der Waals surface area (Å²) in [5.41, 5.74) is 1.01. The van der Waals surface area contributed by atoms with Gasteiger partial charge < -0.3 is 10.3 Å². The van der Waals surface area contributed by atoms with Gasteiger partial charge in [-0.05, 0) is 19.1 Å². The second kappa shape index (κ2) is 8.35. The average Bonchev–Trinajstić information content (AvgIpc) is 3.05. The molecular weight excluding hydrogens is 406 g/mol. The van der Waals surface area contributed by atoms with Crippen LogP contribution < -0.4 is 10.9 Å². The maximum atomic E-state index is 12.2. The van der Waals surface area contributed by atoms with Crippen molar-refractivity contribution < 1.29 is 4.79 Å². The Kier molecular flexibility index (Phi) is 5.91. The molecule has 0 saturated carbocycles. The van der Waals surface area contributed by atoms with Gasteiger partial charge in [0.25, 0.3) is 5.56 Å². The number of benzene rings is 1. The van der Waals surface area contributed by atoms with Crippen molar-refractivity contribution >= 4 is 45.7 Å². The zero-order valence-electron chi connectivity index (χ0n) is 13.9. The molecule has 0 spiro atoms. The first-order valence-corrected chi connectivity index (χ1v) is 9.85. The van der Waals surface area contributed by atoms with E-state index in [9.17, 15) is 14.9 Å². The van der Waals surface area contributed by atoms with E-state index in [1.54, 1.807) is 24.3 Å². The van der Waals surface area contributed by atoms with Crippen LogP contribution in [0.2, 0.25) is 5.02 Å². The van der Waals surface area contributed by atoms with Crippen molar-refractivity contribution in [3.8, 4) is 17.3 Å². The van der Waals surface area contributed by atoms with Gasteiger partial charge in [-0.1, -0.05) is 35.5 Å². The molecule has 1 aromatic carbocycles. The number of aromatic nitrogens is 3. The summed E-state index contributed by atoms with van der Waals surface area (Å²) in [6.45, 7) is 1.84. The smallest absolute Gasteiger partial charge is 0.270 e. The highest BCUT2D eigenvalue weighted by Crippen LogP contribution is 2.24. The molecule has 0 fully saturated rings. The number of nitrogens with one attached hydrogen (secondary N) is 2. The number of nitrogens with zero attached hydrogens (tertiary/aromatic N) is 3. The quantitative estimate of drug-likeness (QED) is 0.485. The number of aromatic amines is 1. The van der Waals surface area contributed by atoms with Crippen molar-refractivity contribution in [2.75, 3.05) is 11.1 Å². The molecule has 27 heavy (non-hydrogen) atoms. The van der Waals surface area contributed by atoms with Crippen molar-refractivity contribution in [1.29, 1.82) is 5.26 Å². The van der Waals surface area contributed by atoms with Crippen LogP contribution in [0, 0.1) is 18.3 Å². The predicted octanol–water partition coefficient (Wildman–Crippen LogP) is 3.46. The first-order valence-electron chi connectivity index (χ1n) is 7.61. The Hall–Kier alpha value is -2.67. The number of halogens is 1. The summed E-state index contributed by atoms with van der Waals surface area (Å²) in [7, 11) is 0. The van der Waals surface area contributed by atoms with E-state index in [4.69, 9.17) is 11.6 Å². The fraction of sp³-hybridized carbons (Fsp3) is 0.118. The molecule has 2 heterocycles. The van der Waals surface area contributed by atoms with Gasteiger partial charge in [0.05, 0.1) is 17.1 Å². The van der Waals surface area contributed by atoms with Crippen LogP contribution in [0.5, 0.6) is 0 Å². The summed E-state index contributed by atoms with van der Waals surface area (Å²) < 4.78 is 0. The molecule has 0 aliphatic heterocycles. The lowest BCUT2D eigenvalue weighted by Crippen LogP contribution is -2.17. The third kappa shape index (κ3) is 4.74. The van der Waals surface area contributed by atoms with Crippen LogP contribution in [0.25, 0.3) is 11.3 Å². The summed E-state index contributed by atoms with van der Waals surface area (Å²) >= 11 is 8.28. The van der Waals surface area contributed by atoms with Crippen molar-refractivity contribution in [2.24, 2.45) is 0 Å². The molecule has 0 aliphatic carbocycles. The van der Waals surface area contributed by atoms with E-state index in [2.05, 4.69) is 20.3 Å². The molecule has 7 nitrogen and oxygen atoms in total. The van der Waals surface area contributed by atoms with Gasteiger partial charge in [-0.2, -0.15) is 5.26 Å². The molecule has 0 unspecified atom stereocenters. The Balaban J connectivity index is 1.80. The highest BCUT2D eigenvalue weighted by molar-refractivity contribution is 7.99. The lowest BCUT2D eigenvalue weighted by Gasteiger charge is -2.06. The van der Waals surface area contributed by atoms with Gasteiger partial charge >= 0.3 is 0 Å². The number of H-pyrrole nitrogens is 1. The molecule has 0 bridgehead atoms. The number of carbonyl (C=O) groups is 1. The van der Waals surface area contributed by atoms with E-state index in [0.29, 0.717) is 15.7 Å². The second-order valence-corrected chi connectivity index (χ2v) is 7.60. The molecule has 2 N–H and O–H groups in total. The van der Waals surface area contributed by atoms with Gasteiger partial charge in [-0.3, -0.25) is 9.59 Å². The number of hydrogen-bond donors (Lipinski definition) is 2. The first kappa shape index (κ1) is 19.1. The summed E-state index contributed by atoms with van der Waals surface area (Å²) in [5, 5.41) is 15.1. The third-order valence-corrected chi connectivity index (χ3v) is 5.33. The summed E-state index contributed by atoms with van der Waals surface area (Å²) in [6.07, 6.45) is 0. The number of rotatable bonds is 5. The topological polar surface area (TPSA) is 112 Å². The number of thioether (sulfide) groups is 1. The number of aryl methyl sites for hydroxylation is 1. The highest BCUT2D eigenvalue weighted by Gasteiger charge is 2.15. The number of amides is 1. The fourth-order valence-corrected chi connectivity index (χ4v) is 3.63. The average molecular weight is 418 g/mol. The largest absolute Gasteiger partial charge is 0.301 e. The Bertz CT molecular complexity index is 1090. The van der Waals surface area contributed by atoms with Crippen LogP contribution in [-0.4, -0.2) is 26.6 Å². The SMILES string of the molecule is Cc1csc(NC(=O)CSc2nc(-c3ccc(Cl)cc3)c(C#N)c(=O)[nH]2)n1. The van der Waals surface area contributed by atoms with Gasteiger partial charge in [-0.25, -0.2) is 9.97 Å². The molecule has 2 aromatic heterocycles. The zero-order valence-corrected chi connectivity index (χ0v) is 16.3. The molecule has 0 aliphatic rings. The van der Waals surface area contributed by atoms with Crippen LogP contribution in [0.1, 0.15) is 11.3 Å². The van der Waals surface area contributed by atoms with E-state index in [-0.39, 0.29) is 28.1 Å². The van der Waals surface area contributed by atoms with Gasteiger partial charge in [0.2, 0.25) is 5.91 Å². The number of thiazole rings is 1. The number of nitriles is 1. The molecule has 136 valence electrons.